The number of hydrogen-bond acceptors (Lipinski definition) is 4. The molecule has 0 aliphatic carbocycles. The lowest BCUT2D eigenvalue weighted by atomic mass is 10.2. The van der Waals surface area contributed by atoms with Crippen LogP contribution < -0.4 is 10.1 Å². The molecule has 5 heteroatoms. The molecular weight excluding hydrogens is 248 g/mol. The van der Waals surface area contributed by atoms with Crippen molar-refractivity contribution in [2.45, 2.75) is 0 Å². The molecule has 0 aliphatic heterocycles. The molecule has 0 bridgehead atoms. The fraction of sp³-hybridized carbons (Fsp3) is 0.0769. The van der Waals surface area contributed by atoms with Gasteiger partial charge < -0.3 is 10.1 Å². The van der Waals surface area contributed by atoms with Crippen molar-refractivity contribution in [3.8, 4) is 11.8 Å². The number of nitriles is 1. The molecule has 0 atom stereocenters. The van der Waals surface area contributed by atoms with Crippen LogP contribution in [0.15, 0.2) is 41.1 Å². The summed E-state index contributed by atoms with van der Waals surface area (Å²) >= 11 is 1.50. The molecule has 2 rings (SSSR count). The minimum atomic E-state index is -0.249. The van der Waals surface area contributed by atoms with E-state index >= 15 is 0 Å². The molecular formula is C13H10N2O2S. The molecule has 0 fully saturated rings. The Balaban J connectivity index is 1.92. The van der Waals surface area contributed by atoms with E-state index in [0.29, 0.717) is 11.3 Å². The number of nitrogens with one attached hydrogen (secondary N) is 1. The molecule has 0 saturated heterocycles. The summed E-state index contributed by atoms with van der Waals surface area (Å²) in [5.74, 6) is 0.168. The van der Waals surface area contributed by atoms with Crippen molar-refractivity contribution in [2.24, 2.45) is 0 Å². The predicted octanol–water partition coefficient (Wildman–Crippen LogP) is 2.64. The molecule has 90 valence electrons. The van der Waals surface area contributed by atoms with Crippen LogP contribution in [-0.4, -0.2) is 12.5 Å². The summed E-state index contributed by atoms with van der Waals surface area (Å²) in [5.41, 5.74) is 1.17. The second-order valence-corrected chi connectivity index (χ2v) is 4.24. The third-order valence-electron chi connectivity index (χ3n) is 2.17. The summed E-state index contributed by atoms with van der Waals surface area (Å²) < 4.78 is 5.31. The molecule has 1 aromatic carbocycles. The van der Waals surface area contributed by atoms with Crippen molar-refractivity contribution >= 4 is 22.9 Å². The first-order chi connectivity index (χ1) is 8.79. The third-order valence-corrected chi connectivity index (χ3v) is 2.85. The molecule has 1 aromatic heterocycles. The average molecular weight is 258 g/mol. The van der Waals surface area contributed by atoms with E-state index in [-0.39, 0.29) is 12.5 Å². The number of benzene rings is 1. The van der Waals surface area contributed by atoms with E-state index in [4.69, 9.17) is 10.00 Å². The first-order valence-electron chi connectivity index (χ1n) is 5.23. The molecule has 0 aliphatic rings. The Morgan fingerprint density at radius 1 is 1.39 bits per heavy atom. The minimum absolute atomic E-state index is 0.117. The van der Waals surface area contributed by atoms with Crippen LogP contribution >= 0.6 is 11.3 Å². The number of thiophene rings is 1. The first-order valence-corrected chi connectivity index (χ1v) is 6.18. The Bertz CT molecular complexity index is 573. The van der Waals surface area contributed by atoms with Gasteiger partial charge in [-0.15, -0.1) is 0 Å². The fourth-order valence-electron chi connectivity index (χ4n) is 1.36. The molecule has 0 spiro atoms. The summed E-state index contributed by atoms with van der Waals surface area (Å²) in [6.07, 6.45) is 0. The maximum absolute atomic E-state index is 11.6. The van der Waals surface area contributed by atoms with Crippen molar-refractivity contribution in [1.29, 1.82) is 5.26 Å². The lowest BCUT2D eigenvalue weighted by molar-refractivity contribution is -0.118. The van der Waals surface area contributed by atoms with Gasteiger partial charge in [-0.3, -0.25) is 4.79 Å². The fourth-order valence-corrected chi connectivity index (χ4v) is 1.95. The van der Waals surface area contributed by atoms with Gasteiger partial charge in [0, 0.05) is 5.38 Å². The largest absolute Gasteiger partial charge is 0.482 e. The van der Waals surface area contributed by atoms with E-state index in [0.717, 1.165) is 5.69 Å². The number of carbonyl (C=O) groups excluding carboxylic acids is 1. The normalized spacial score (nSPS) is 9.50. The second kappa shape index (κ2) is 5.84. The highest BCUT2D eigenvalue weighted by atomic mass is 32.1. The van der Waals surface area contributed by atoms with Crippen molar-refractivity contribution in [1.82, 2.24) is 0 Å². The van der Waals surface area contributed by atoms with Gasteiger partial charge in [-0.2, -0.15) is 16.6 Å². The standard InChI is InChI=1S/C13H10N2O2S/c14-7-10-3-1-2-4-12(10)17-8-13(16)15-11-5-6-18-9-11/h1-6,9H,8H2,(H,15,16). The van der Waals surface area contributed by atoms with Gasteiger partial charge in [-0.25, -0.2) is 0 Å². The van der Waals surface area contributed by atoms with Crippen LogP contribution in [0.1, 0.15) is 5.56 Å². The predicted molar refractivity (Wildman–Crippen MR) is 69.6 cm³/mol. The highest BCUT2D eigenvalue weighted by Gasteiger charge is 2.06. The smallest absolute Gasteiger partial charge is 0.262 e. The van der Waals surface area contributed by atoms with E-state index in [9.17, 15) is 4.79 Å². The number of carbonyl (C=O) groups is 1. The zero-order valence-corrected chi connectivity index (χ0v) is 10.2. The van der Waals surface area contributed by atoms with Crippen LogP contribution in [0.2, 0.25) is 0 Å². The van der Waals surface area contributed by atoms with Gasteiger partial charge >= 0.3 is 0 Å². The van der Waals surface area contributed by atoms with Crippen molar-refractivity contribution in [3.63, 3.8) is 0 Å². The van der Waals surface area contributed by atoms with Crippen LogP contribution in [0.25, 0.3) is 0 Å². The van der Waals surface area contributed by atoms with E-state index in [1.54, 1.807) is 24.3 Å². The summed E-state index contributed by atoms with van der Waals surface area (Å²) in [6.45, 7) is -0.117. The summed E-state index contributed by atoms with van der Waals surface area (Å²) in [6, 6.07) is 10.6. The zero-order chi connectivity index (χ0) is 12.8. The minimum Gasteiger partial charge on any atom is -0.482 e. The van der Waals surface area contributed by atoms with E-state index in [1.807, 2.05) is 22.9 Å². The first kappa shape index (κ1) is 12.1. The summed E-state index contributed by atoms with van der Waals surface area (Å²) in [4.78, 5) is 11.6. The van der Waals surface area contributed by atoms with Gasteiger partial charge in [0.05, 0.1) is 11.3 Å². The molecule has 1 N–H and O–H groups in total. The molecule has 0 saturated carbocycles. The molecule has 1 amide bonds. The summed E-state index contributed by atoms with van der Waals surface area (Å²) in [5, 5.41) is 15.3. The maximum Gasteiger partial charge on any atom is 0.262 e. The number of hydrogen-bond donors (Lipinski definition) is 1. The number of nitrogens with zero attached hydrogens (tertiary/aromatic N) is 1. The van der Waals surface area contributed by atoms with Crippen LogP contribution in [-0.2, 0) is 4.79 Å². The lowest BCUT2D eigenvalue weighted by Gasteiger charge is -2.07. The van der Waals surface area contributed by atoms with Crippen LogP contribution in [0.4, 0.5) is 5.69 Å². The monoisotopic (exact) mass is 258 g/mol. The van der Waals surface area contributed by atoms with Crippen LogP contribution in [0.3, 0.4) is 0 Å². The molecule has 0 radical (unpaired) electrons. The van der Waals surface area contributed by atoms with E-state index < -0.39 is 0 Å². The van der Waals surface area contributed by atoms with Crippen molar-refractivity contribution < 1.29 is 9.53 Å². The number of anilines is 1. The highest BCUT2D eigenvalue weighted by Crippen LogP contribution is 2.16. The number of rotatable bonds is 4. The van der Waals surface area contributed by atoms with Gasteiger partial charge in [-0.1, -0.05) is 12.1 Å². The number of para-hydroxylation sites is 1. The Morgan fingerprint density at radius 3 is 2.94 bits per heavy atom. The van der Waals surface area contributed by atoms with Gasteiger partial charge in [0.1, 0.15) is 11.8 Å². The Labute approximate surface area is 108 Å². The third kappa shape index (κ3) is 3.09. The topological polar surface area (TPSA) is 62.1 Å². The maximum atomic E-state index is 11.6. The quantitative estimate of drug-likeness (QED) is 0.917. The van der Waals surface area contributed by atoms with Gasteiger partial charge in [0.15, 0.2) is 6.61 Å². The SMILES string of the molecule is N#Cc1ccccc1OCC(=O)Nc1ccsc1. The van der Waals surface area contributed by atoms with E-state index in [1.165, 1.54) is 11.3 Å². The van der Waals surface area contributed by atoms with Crippen LogP contribution in [0.5, 0.6) is 5.75 Å². The van der Waals surface area contributed by atoms with Gasteiger partial charge in [0.25, 0.3) is 5.91 Å². The Morgan fingerprint density at radius 2 is 2.22 bits per heavy atom. The zero-order valence-electron chi connectivity index (χ0n) is 9.42. The lowest BCUT2D eigenvalue weighted by Crippen LogP contribution is -2.20. The molecule has 18 heavy (non-hydrogen) atoms. The second-order valence-electron chi connectivity index (χ2n) is 3.46. The molecule has 4 nitrogen and oxygen atoms in total. The molecule has 2 aromatic rings. The van der Waals surface area contributed by atoms with E-state index in [2.05, 4.69) is 5.32 Å². The number of ether oxygens (including phenoxy) is 1. The Hall–Kier alpha value is -2.32. The Kier molecular flexibility index (Phi) is 3.94. The molecule has 1 heterocycles. The molecule has 0 unspecified atom stereocenters. The number of amides is 1. The van der Waals surface area contributed by atoms with Crippen molar-refractivity contribution in [3.05, 3.63) is 46.7 Å². The van der Waals surface area contributed by atoms with Crippen molar-refractivity contribution in [2.75, 3.05) is 11.9 Å². The highest BCUT2D eigenvalue weighted by molar-refractivity contribution is 7.08. The average Bonchev–Trinajstić information content (AvgIpc) is 2.89. The van der Waals surface area contributed by atoms with Gasteiger partial charge in [-0.05, 0) is 23.6 Å². The van der Waals surface area contributed by atoms with Crippen LogP contribution in [0, 0.1) is 11.3 Å². The summed E-state index contributed by atoms with van der Waals surface area (Å²) in [7, 11) is 0. The van der Waals surface area contributed by atoms with Gasteiger partial charge in [0.2, 0.25) is 0 Å².